The number of nitrogens with one attached hydrogen (secondary N) is 1. The Morgan fingerprint density at radius 2 is 1.85 bits per heavy atom. The molecule has 3 aromatic rings. The second kappa shape index (κ2) is 15.4. The summed E-state index contributed by atoms with van der Waals surface area (Å²) in [6.45, 7) is 8.91. The predicted molar refractivity (Wildman–Crippen MR) is 174 cm³/mol. The Bertz CT molecular complexity index is 1530. The number of alkyl halides is 3. The fraction of sp³-hybridized carbons (Fsp3) is 0.545. The molecule has 1 amide bonds. The van der Waals surface area contributed by atoms with E-state index in [1.54, 1.807) is 13.0 Å². The lowest BCUT2D eigenvalue weighted by Gasteiger charge is -2.31. The number of likely N-dealkylation sites (tertiary alicyclic amines) is 1. The molecule has 0 unspecified atom stereocenters. The molecule has 0 radical (unpaired) electrons. The second-order valence-corrected chi connectivity index (χ2v) is 12.8. The highest BCUT2D eigenvalue weighted by Gasteiger charge is 2.35. The van der Waals surface area contributed by atoms with E-state index < -0.39 is 17.6 Å². The molecule has 2 saturated heterocycles. The van der Waals surface area contributed by atoms with Crippen LogP contribution in [0.3, 0.4) is 0 Å². The molecular weight excluding hydrogens is 633 g/mol. The molecule has 254 valence electrons. The van der Waals surface area contributed by atoms with Gasteiger partial charge in [-0.25, -0.2) is 15.0 Å². The number of benzene rings is 1. The number of ether oxygens (including phenoxy) is 2. The monoisotopic (exact) mass is 674 g/mol. The van der Waals surface area contributed by atoms with Gasteiger partial charge in [0, 0.05) is 36.1 Å². The molecule has 2 aliphatic rings. The fourth-order valence-electron chi connectivity index (χ4n) is 6.09. The zero-order chi connectivity index (χ0) is 33.6. The van der Waals surface area contributed by atoms with Crippen LogP contribution >= 0.6 is 11.3 Å². The topological polar surface area (TPSA) is 110 Å². The molecule has 0 spiro atoms. The predicted octanol–water partition coefficient (Wildman–Crippen LogP) is 6.81. The third kappa shape index (κ3) is 8.39. The number of aromatic nitrogens is 3. The molecule has 10 nitrogen and oxygen atoms in total. The summed E-state index contributed by atoms with van der Waals surface area (Å²) in [6.07, 6.45) is 3.25. The van der Waals surface area contributed by atoms with Crippen LogP contribution in [0.1, 0.15) is 80.2 Å². The van der Waals surface area contributed by atoms with Crippen LogP contribution in [0.5, 0.6) is 5.75 Å². The Morgan fingerprint density at radius 1 is 1.06 bits per heavy atom. The van der Waals surface area contributed by atoms with Gasteiger partial charge in [0.25, 0.3) is 5.91 Å². The molecule has 5 rings (SSSR count). The van der Waals surface area contributed by atoms with E-state index in [0.29, 0.717) is 68.6 Å². The van der Waals surface area contributed by atoms with Crippen LogP contribution < -0.4 is 15.0 Å². The van der Waals surface area contributed by atoms with Gasteiger partial charge in [-0.15, -0.1) is 0 Å². The molecular formula is C33H41F3N6O4S. The van der Waals surface area contributed by atoms with E-state index in [1.807, 2.05) is 11.8 Å². The van der Waals surface area contributed by atoms with Gasteiger partial charge in [-0.1, -0.05) is 25.2 Å². The molecule has 1 N–H and O–H groups in total. The van der Waals surface area contributed by atoms with E-state index in [2.05, 4.69) is 32.1 Å². The van der Waals surface area contributed by atoms with Crippen LogP contribution in [0.25, 0.3) is 11.3 Å². The number of thiazole rings is 1. The van der Waals surface area contributed by atoms with Gasteiger partial charge in [0.05, 0.1) is 42.8 Å². The summed E-state index contributed by atoms with van der Waals surface area (Å²) in [4.78, 5) is 43.8. The lowest BCUT2D eigenvalue weighted by molar-refractivity contribution is -0.148. The summed E-state index contributed by atoms with van der Waals surface area (Å²) in [5.74, 6) is -0.454. The first-order valence-corrected chi connectivity index (χ1v) is 17.1. The summed E-state index contributed by atoms with van der Waals surface area (Å²) in [6, 6.07) is 4.39. The van der Waals surface area contributed by atoms with Crippen molar-refractivity contribution in [1.29, 1.82) is 0 Å². The fourth-order valence-corrected chi connectivity index (χ4v) is 7.10. The van der Waals surface area contributed by atoms with Gasteiger partial charge in [-0.05, 0) is 70.2 Å². The molecule has 2 aromatic heterocycles. The van der Waals surface area contributed by atoms with Gasteiger partial charge in [0.1, 0.15) is 17.3 Å². The number of halogens is 3. The lowest BCUT2D eigenvalue weighted by Crippen LogP contribution is -2.37. The largest absolute Gasteiger partial charge is 0.493 e. The zero-order valence-corrected chi connectivity index (χ0v) is 27.8. The summed E-state index contributed by atoms with van der Waals surface area (Å²) < 4.78 is 52.8. The van der Waals surface area contributed by atoms with E-state index in [9.17, 15) is 22.8 Å². The smallest absolute Gasteiger partial charge is 0.419 e. The van der Waals surface area contributed by atoms with E-state index in [1.165, 1.54) is 29.8 Å². The highest BCUT2D eigenvalue weighted by Crippen LogP contribution is 2.41. The zero-order valence-electron chi connectivity index (χ0n) is 26.9. The van der Waals surface area contributed by atoms with Gasteiger partial charge in [0.15, 0.2) is 5.13 Å². The van der Waals surface area contributed by atoms with Crippen molar-refractivity contribution in [3.8, 4) is 17.0 Å². The number of anilines is 2. The molecule has 0 bridgehead atoms. The SMILES string of the molecule is CCCOc1ccc(-c2nc(NC(=O)c3cnc(N4CCC(C(=O)OCC)CC4)cn3)sc2CN2CCC[C@H]2CC)cc1C(F)(F)F. The number of rotatable bonds is 12. The standard InChI is InChI=1S/C33H41F3N6O4S/c1-4-16-46-26-10-9-22(17-24(26)33(34,35)36)29-27(20-42-13-7-8-23(42)5-2)47-32(39-29)40-30(43)25-18-38-28(19-37-25)41-14-11-21(12-15-41)31(44)45-6-3/h9-10,17-19,21,23H,4-8,11-16,20H2,1-3H3,(H,39,40,43)/t23-/m1/s1. The summed E-state index contributed by atoms with van der Waals surface area (Å²) in [7, 11) is 0. The van der Waals surface area contributed by atoms with Gasteiger partial charge < -0.3 is 14.4 Å². The van der Waals surface area contributed by atoms with Crippen molar-refractivity contribution in [2.45, 2.75) is 78.1 Å². The summed E-state index contributed by atoms with van der Waals surface area (Å²) in [5.41, 5.74) is -0.0832. The van der Waals surface area contributed by atoms with Crippen LogP contribution in [0.15, 0.2) is 30.6 Å². The molecule has 47 heavy (non-hydrogen) atoms. The first-order chi connectivity index (χ1) is 22.6. The van der Waals surface area contributed by atoms with Crippen molar-refractivity contribution >= 4 is 34.2 Å². The van der Waals surface area contributed by atoms with Crippen LogP contribution in [-0.2, 0) is 22.3 Å². The third-order valence-corrected chi connectivity index (χ3v) is 9.52. The van der Waals surface area contributed by atoms with Crippen LogP contribution in [0, 0.1) is 5.92 Å². The van der Waals surface area contributed by atoms with Crippen molar-refractivity contribution < 1.29 is 32.2 Å². The van der Waals surface area contributed by atoms with Crippen LogP contribution in [-0.4, -0.2) is 70.6 Å². The van der Waals surface area contributed by atoms with E-state index >= 15 is 0 Å². The lowest BCUT2D eigenvalue weighted by atomic mass is 9.97. The quantitative estimate of drug-likeness (QED) is 0.207. The van der Waals surface area contributed by atoms with Crippen LogP contribution in [0.4, 0.5) is 24.1 Å². The number of piperidine rings is 1. The molecule has 1 atom stereocenters. The van der Waals surface area contributed by atoms with E-state index in [-0.39, 0.29) is 35.1 Å². The molecule has 1 aromatic carbocycles. The van der Waals surface area contributed by atoms with Crippen molar-refractivity contribution in [2.24, 2.45) is 5.92 Å². The Kier molecular flexibility index (Phi) is 11.3. The minimum absolute atomic E-state index is 0.0795. The number of hydrogen-bond donors (Lipinski definition) is 1. The summed E-state index contributed by atoms with van der Waals surface area (Å²) >= 11 is 1.25. The molecule has 0 saturated carbocycles. The van der Waals surface area contributed by atoms with Crippen molar-refractivity contribution in [1.82, 2.24) is 19.9 Å². The Balaban J connectivity index is 1.35. The van der Waals surface area contributed by atoms with Crippen molar-refractivity contribution in [3.63, 3.8) is 0 Å². The van der Waals surface area contributed by atoms with Crippen molar-refractivity contribution in [3.05, 3.63) is 46.7 Å². The van der Waals surface area contributed by atoms with Gasteiger partial charge in [-0.2, -0.15) is 13.2 Å². The molecule has 2 aliphatic heterocycles. The number of esters is 1. The maximum Gasteiger partial charge on any atom is 0.419 e. The van der Waals surface area contributed by atoms with E-state index in [4.69, 9.17) is 9.47 Å². The Hall–Kier alpha value is -3.78. The normalized spacial score (nSPS) is 17.6. The van der Waals surface area contributed by atoms with Gasteiger partial charge >= 0.3 is 12.1 Å². The average Bonchev–Trinajstić information content (AvgIpc) is 3.69. The maximum atomic E-state index is 14.1. The number of carbonyl (C=O) groups is 2. The molecule has 14 heteroatoms. The Morgan fingerprint density at radius 3 is 2.51 bits per heavy atom. The van der Waals surface area contributed by atoms with Crippen molar-refractivity contribution in [2.75, 3.05) is 43.1 Å². The average molecular weight is 675 g/mol. The number of carbonyl (C=O) groups excluding carboxylic acids is 2. The number of nitrogens with zero attached hydrogens (tertiary/aromatic N) is 5. The second-order valence-electron chi connectivity index (χ2n) is 11.8. The number of hydrogen-bond acceptors (Lipinski definition) is 10. The first-order valence-electron chi connectivity index (χ1n) is 16.2. The highest BCUT2D eigenvalue weighted by atomic mass is 32.1. The minimum atomic E-state index is -4.61. The van der Waals surface area contributed by atoms with Gasteiger partial charge in [0.2, 0.25) is 0 Å². The third-order valence-electron chi connectivity index (χ3n) is 8.56. The summed E-state index contributed by atoms with van der Waals surface area (Å²) in [5, 5.41) is 3.05. The van der Waals surface area contributed by atoms with Gasteiger partial charge in [-0.3, -0.25) is 19.8 Å². The van der Waals surface area contributed by atoms with E-state index in [0.717, 1.165) is 36.8 Å². The van der Waals surface area contributed by atoms with Crippen LogP contribution in [0.2, 0.25) is 0 Å². The minimum Gasteiger partial charge on any atom is -0.493 e. The molecule has 2 fully saturated rings. The first kappa shape index (κ1) is 34.6. The molecule has 4 heterocycles. The Labute approximate surface area is 276 Å². The highest BCUT2D eigenvalue weighted by molar-refractivity contribution is 7.16. The maximum absolute atomic E-state index is 14.1. The molecule has 0 aliphatic carbocycles. The number of amides is 1.